The minimum atomic E-state index is -0.0824. The van der Waals surface area contributed by atoms with Crippen molar-refractivity contribution in [2.45, 2.75) is 19.1 Å². The molecule has 4 nitrogen and oxygen atoms in total. The third-order valence-electron chi connectivity index (χ3n) is 2.37. The fourth-order valence-electron chi connectivity index (χ4n) is 1.36. The molecule has 0 aliphatic carbocycles. The van der Waals surface area contributed by atoms with E-state index in [-0.39, 0.29) is 11.2 Å². The number of nitrogens with zero attached hydrogens (tertiary/aromatic N) is 2. The van der Waals surface area contributed by atoms with E-state index in [1.54, 1.807) is 0 Å². The van der Waals surface area contributed by atoms with Crippen molar-refractivity contribution in [2.75, 3.05) is 0 Å². The number of thioether (sulfide) groups is 1. The molecule has 17 heavy (non-hydrogen) atoms. The highest BCUT2D eigenvalue weighted by molar-refractivity contribution is 8.15. The van der Waals surface area contributed by atoms with Gasteiger partial charge in [-0.3, -0.25) is 4.79 Å². The summed E-state index contributed by atoms with van der Waals surface area (Å²) in [5.41, 5.74) is 1.85. The number of benzene rings is 1. The second-order valence-electron chi connectivity index (χ2n) is 3.71. The average Bonchev–Trinajstić information content (AvgIpc) is 2.67. The van der Waals surface area contributed by atoms with E-state index < -0.39 is 0 Å². The van der Waals surface area contributed by atoms with Crippen LogP contribution in [-0.2, 0) is 4.79 Å². The van der Waals surface area contributed by atoms with Crippen molar-refractivity contribution in [3.8, 4) is 0 Å². The van der Waals surface area contributed by atoms with Gasteiger partial charge in [-0.1, -0.05) is 42.1 Å². The van der Waals surface area contributed by atoms with Crippen LogP contribution in [0.25, 0.3) is 0 Å². The lowest BCUT2D eigenvalue weighted by atomic mass is 10.1. The van der Waals surface area contributed by atoms with Crippen LogP contribution in [0.3, 0.4) is 0 Å². The predicted octanol–water partition coefficient (Wildman–Crippen LogP) is 2.02. The Labute approximate surface area is 104 Å². The molecule has 1 atom stereocenters. The summed E-state index contributed by atoms with van der Waals surface area (Å²) in [7, 11) is 0. The highest BCUT2D eigenvalue weighted by atomic mass is 32.2. The Morgan fingerprint density at radius 1 is 1.35 bits per heavy atom. The number of hydrogen-bond acceptors (Lipinski definition) is 4. The number of amidine groups is 1. The number of hydrogen-bond donors (Lipinski definition) is 1. The van der Waals surface area contributed by atoms with E-state index in [0.29, 0.717) is 5.17 Å². The highest BCUT2D eigenvalue weighted by Crippen LogP contribution is 2.18. The third kappa shape index (κ3) is 2.94. The molecule has 88 valence electrons. The first kappa shape index (κ1) is 11.9. The van der Waals surface area contributed by atoms with E-state index in [1.807, 2.05) is 44.2 Å². The zero-order valence-corrected chi connectivity index (χ0v) is 10.5. The Balaban J connectivity index is 2.11. The maximum Gasteiger partial charge on any atom is 0.239 e. The van der Waals surface area contributed by atoms with Gasteiger partial charge >= 0.3 is 0 Å². The van der Waals surface area contributed by atoms with Gasteiger partial charge < -0.3 is 5.32 Å². The Morgan fingerprint density at radius 2 is 2.06 bits per heavy atom. The van der Waals surface area contributed by atoms with Gasteiger partial charge in [-0.05, 0) is 19.4 Å². The summed E-state index contributed by atoms with van der Waals surface area (Å²) in [6, 6.07) is 9.81. The molecule has 1 unspecified atom stereocenters. The first-order valence-corrected chi connectivity index (χ1v) is 6.20. The third-order valence-corrected chi connectivity index (χ3v) is 3.34. The Kier molecular flexibility index (Phi) is 3.58. The van der Waals surface area contributed by atoms with E-state index in [9.17, 15) is 4.79 Å². The van der Waals surface area contributed by atoms with Gasteiger partial charge in [-0.15, -0.1) is 5.10 Å². The van der Waals surface area contributed by atoms with E-state index in [1.165, 1.54) is 11.8 Å². The Bertz CT molecular complexity index is 482. The van der Waals surface area contributed by atoms with Crippen molar-refractivity contribution in [3.63, 3.8) is 0 Å². The number of carbonyl (C=O) groups is 1. The van der Waals surface area contributed by atoms with Gasteiger partial charge in [-0.25, -0.2) is 0 Å². The molecular formula is C12H13N3OS. The zero-order chi connectivity index (χ0) is 12.3. The molecule has 1 fully saturated rings. The lowest BCUT2D eigenvalue weighted by Gasteiger charge is -1.97. The minimum Gasteiger partial charge on any atom is -0.303 e. The van der Waals surface area contributed by atoms with Gasteiger partial charge in [0.05, 0.1) is 11.0 Å². The van der Waals surface area contributed by atoms with Crippen LogP contribution in [0.5, 0.6) is 0 Å². The maximum atomic E-state index is 11.2. The van der Waals surface area contributed by atoms with Crippen molar-refractivity contribution in [1.29, 1.82) is 0 Å². The van der Waals surface area contributed by atoms with Gasteiger partial charge in [-0.2, -0.15) is 5.10 Å². The molecule has 0 spiro atoms. The molecule has 1 amide bonds. The van der Waals surface area contributed by atoms with E-state index in [2.05, 4.69) is 15.5 Å². The molecule has 1 aliphatic heterocycles. The molecule has 2 rings (SSSR count). The summed E-state index contributed by atoms with van der Waals surface area (Å²) in [6.07, 6.45) is 0. The van der Waals surface area contributed by atoms with Crippen LogP contribution >= 0.6 is 11.8 Å². The SMILES string of the molecule is C/C(=N\N=C1\NC(=O)C(C)S1)c1ccccc1. The summed E-state index contributed by atoms with van der Waals surface area (Å²) < 4.78 is 0. The van der Waals surface area contributed by atoms with Crippen molar-refractivity contribution < 1.29 is 4.79 Å². The largest absolute Gasteiger partial charge is 0.303 e. The molecule has 1 aromatic carbocycles. The first-order chi connectivity index (χ1) is 8.16. The minimum absolute atomic E-state index is 0.0127. The molecule has 1 N–H and O–H groups in total. The molecular weight excluding hydrogens is 234 g/mol. The van der Waals surface area contributed by atoms with Crippen LogP contribution in [0.4, 0.5) is 0 Å². The number of amides is 1. The molecule has 0 radical (unpaired) electrons. The quantitative estimate of drug-likeness (QED) is 0.642. The summed E-state index contributed by atoms with van der Waals surface area (Å²) >= 11 is 1.39. The van der Waals surface area contributed by atoms with E-state index >= 15 is 0 Å². The molecule has 0 aromatic heterocycles. The van der Waals surface area contributed by atoms with Gasteiger partial charge in [0.15, 0.2) is 5.17 Å². The van der Waals surface area contributed by atoms with Crippen molar-refractivity contribution in [2.24, 2.45) is 10.2 Å². The van der Waals surface area contributed by atoms with E-state index in [0.717, 1.165) is 11.3 Å². The van der Waals surface area contributed by atoms with Gasteiger partial charge in [0.2, 0.25) is 5.91 Å². The molecule has 0 bridgehead atoms. The fourth-order valence-corrected chi connectivity index (χ4v) is 2.11. The monoisotopic (exact) mass is 247 g/mol. The van der Waals surface area contributed by atoms with Crippen molar-refractivity contribution >= 4 is 28.5 Å². The topological polar surface area (TPSA) is 53.8 Å². The lowest BCUT2D eigenvalue weighted by molar-refractivity contribution is -0.118. The maximum absolute atomic E-state index is 11.2. The number of rotatable bonds is 2. The van der Waals surface area contributed by atoms with Crippen LogP contribution < -0.4 is 5.32 Å². The number of carbonyl (C=O) groups excluding carboxylic acids is 1. The smallest absolute Gasteiger partial charge is 0.239 e. The predicted molar refractivity (Wildman–Crippen MR) is 71.3 cm³/mol. The molecule has 1 aromatic rings. The first-order valence-electron chi connectivity index (χ1n) is 5.32. The van der Waals surface area contributed by atoms with Crippen LogP contribution in [0.1, 0.15) is 19.4 Å². The Hall–Kier alpha value is -1.62. The lowest BCUT2D eigenvalue weighted by Crippen LogP contribution is -2.23. The second-order valence-corrected chi connectivity index (χ2v) is 5.04. The Morgan fingerprint density at radius 3 is 2.65 bits per heavy atom. The van der Waals surface area contributed by atoms with E-state index in [4.69, 9.17) is 0 Å². The standard InChI is InChI=1S/C12H13N3OS/c1-8(10-6-4-3-5-7-10)14-15-12-13-11(16)9(2)17-12/h3-7,9H,1-2H3,(H,13,15,16)/b14-8+. The average molecular weight is 247 g/mol. The van der Waals surface area contributed by atoms with Gasteiger partial charge in [0, 0.05) is 0 Å². The molecule has 5 heteroatoms. The fraction of sp³-hybridized carbons (Fsp3) is 0.250. The zero-order valence-electron chi connectivity index (χ0n) is 9.68. The molecule has 1 aliphatic rings. The normalized spacial score (nSPS) is 22.9. The highest BCUT2D eigenvalue weighted by Gasteiger charge is 2.25. The summed E-state index contributed by atoms with van der Waals surface area (Å²) in [4.78, 5) is 11.2. The van der Waals surface area contributed by atoms with Crippen LogP contribution in [-0.4, -0.2) is 22.0 Å². The van der Waals surface area contributed by atoms with Crippen LogP contribution in [0.2, 0.25) is 0 Å². The van der Waals surface area contributed by atoms with Gasteiger partial charge in [0.1, 0.15) is 0 Å². The molecule has 1 heterocycles. The van der Waals surface area contributed by atoms with Crippen molar-refractivity contribution in [3.05, 3.63) is 35.9 Å². The number of nitrogens with one attached hydrogen (secondary N) is 1. The molecule has 1 saturated heterocycles. The second kappa shape index (κ2) is 5.14. The van der Waals surface area contributed by atoms with Crippen molar-refractivity contribution in [1.82, 2.24) is 5.32 Å². The summed E-state index contributed by atoms with van der Waals surface area (Å²) in [5.74, 6) is -0.0127. The molecule has 0 saturated carbocycles. The van der Waals surface area contributed by atoms with Crippen LogP contribution in [0.15, 0.2) is 40.5 Å². The van der Waals surface area contributed by atoms with Gasteiger partial charge in [0.25, 0.3) is 0 Å². The summed E-state index contributed by atoms with van der Waals surface area (Å²) in [6.45, 7) is 3.74. The summed E-state index contributed by atoms with van der Waals surface area (Å²) in [5, 5.41) is 11.3. The van der Waals surface area contributed by atoms with Crippen LogP contribution in [0, 0.1) is 0 Å².